The van der Waals surface area contributed by atoms with E-state index in [9.17, 15) is 0 Å². The summed E-state index contributed by atoms with van der Waals surface area (Å²) in [4.78, 5) is 6.54. The minimum absolute atomic E-state index is 0.0618. The number of rotatable bonds is 5. The van der Waals surface area contributed by atoms with Gasteiger partial charge in [-0.1, -0.05) is 25.1 Å². The molecule has 20 heavy (non-hydrogen) atoms. The second kappa shape index (κ2) is 5.90. The maximum absolute atomic E-state index is 4.23. The Morgan fingerprint density at radius 3 is 2.65 bits per heavy atom. The highest BCUT2D eigenvalue weighted by molar-refractivity contribution is 5.85. The van der Waals surface area contributed by atoms with Crippen LogP contribution in [0.1, 0.15) is 31.9 Å². The molecule has 1 heterocycles. The minimum atomic E-state index is 0.0618. The van der Waals surface area contributed by atoms with Crippen molar-refractivity contribution in [2.45, 2.75) is 31.8 Å². The molecule has 0 saturated carbocycles. The van der Waals surface area contributed by atoms with E-state index in [1.54, 1.807) is 0 Å². The molecule has 3 heteroatoms. The van der Waals surface area contributed by atoms with E-state index in [4.69, 9.17) is 0 Å². The van der Waals surface area contributed by atoms with Crippen molar-refractivity contribution in [3.05, 3.63) is 42.2 Å². The number of nitrogens with one attached hydrogen (secondary N) is 1. The van der Waals surface area contributed by atoms with Gasteiger partial charge in [0, 0.05) is 23.3 Å². The number of likely N-dealkylation sites (N-methyl/N-ethyl adjacent to an activating group) is 2. The van der Waals surface area contributed by atoms with Gasteiger partial charge in [-0.15, -0.1) is 0 Å². The third-order valence-electron chi connectivity index (χ3n) is 4.67. The Hall–Kier alpha value is -1.45. The zero-order chi connectivity index (χ0) is 14.8. The van der Waals surface area contributed by atoms with Crippen molar-refractivity contribution in [2.75, 3.05) is 21.1 Å². The third-order valence-corrected chi connectivity index (χ3v) is 4.67. The van der Waals surface area contributed by atoms with Crippen LogP contribution in [0.2, 0.25) is 0 Å². The van der Waals surface area contributed by atoms with E-state index >= 15 is 0 Å². The first-order chi connectivity index (χ1) is 9.54. The summed E-state index contributed by atoms with van der Waals surface area (Å²) >= 11 is 0. The molecular formula is C17H25N3. The summed E-state index contributed by atoms with van der Waals surface area (Å²) in [6, 6.07) is 8.85. The second-order valence-electron chi connectivity index (χ2n) is 5.77. The number of hydrogen-bond donors (Lipinski definition) is 1. The fraction of sp³-hybridized carbons (Fsp3) is 0.471. The summed E-state index contributed by atoms with van der Waals surface area (Å²) in [7, 11) is 6.35. The molecule has 2 aromatic rings. The molecule has 2 rings (SSSR count). The van der Waals surface area contributed by atoms with Crippen LogP contribution in [0.4, 0.5) is 0 Å². The fourth-order valence-corrected chi connectivity index (χ4v) is 2.98. The lowest BCUT2D eigenvalue weighted by atomic mass is 9.82. The van der Waals surface area contributed by atoms with Gasteiger partial charge in [-0.25, -0.2) is 0 Å². The van der Waals surface area contributed by atoms with Gasteiger partial charge in [0.05, 0.1) is 6.04 Å². The Kier molecular flexibility index (Phi) is 4.41. The summed E-state index contributed by atoms with van der Waals surface area (Å²) in [5.74, 6) is 0. The Morgan fingerprint density at radius 2 is 2.05 bits per heavy atom. The first kappa shape index (κ1) is 14.9. The monoisotopic (exact) mass is 271 g/mol. The number of pyridine rings is 1. The highest BCUT2D eigenvalue weighted by Gasteiger charge is 2.35. The predicted molar refractivity (Wildman–Crippen MR) is 85.9 cm³/mol. The zero-order valence-corrected chi connectivity index (χ0v) is 13.1. The quantitative estimate of drug-likeness (QED) is 0.905. The number of benzene rings is 1. The maximum Gasteiger partial charge on any atom is 0.0507 e. The molecule has 0 bridgehead atoms. The molecule has 0 fully saturated rings. The molecule has 0 saturated heterocycles. The van der Waals surface area contributed by atoms with Crippen molar-refractivity contribution >= 4 is 10.8 Å². The van der Waals surface area contributed by atoms with Crippen LogP contribution in [-0.2, 0) is 0 Å². The van der Waals surface area contributed by atoms with Crippen LogP contribution in [0.15, 0.2) is 36.7 Å². The maximum atomic E-state index is 4.23. The molecular weight excluding hydrogens is 246 g/mol. The Balaban J connectivity index is 2.60. The van der Waals surface area contributed by atoms with Gasteiger partial charge in [0.25, 0.3) is 0 Å². The Labute approximate surface area is 122 Å². The van der Waals surface area contributed by atoms with E-state index in [0.717, 1.165) is 6.42 Å². The molecule has 2 unspecified atom stereocenters. The summed E-state index contributed by atoms with van der Waals surface area (Å²) in [6.07, 6.45) is 4.88. The molecule has 0 aliphatic rings. The van der Waals surface area contributed by atoms with Crippen LogP contribution in [-0.4, -0.2) is 36.6 Å². The largest absolute Gasteiger partial charge is 0.311 e. The lowest BCUT2D eigenvalue weighted by molar-refractivity contribution is 0.117. The molecule has 2 atom stereocenters. The van der Waals surface area contributed by atoms with Gasteiger partial charge in [-0.2, -0.15) is 0 Å². The van der Waals surface area contributed by atoms with Gasteiger partial charge in [-0.05, 0) is 51.5 Å². The molecule has 0 amide bonds. The van der Waals surface area contributed by atoms with Gasteiger partial charge < -0.3 is 10.2 Å². The van der Waals surface area contributed by atoms with Crippen molar-refractivity contribution in [1.82, 2.24) is 15.2 Å². The molecule has 0 spiro atoms. The number of hydrogen-bond acceptors (Lipinski definition) is 3. The van der Waals surface area contributed by atoms with Crippen molar-refractivity contribution in [2.24, 2.45) is 0 Å². The predicted octanol–water partition coefficient (Wildman–Crippen LogP) is 3.23. The standard InChI is InChI=1S/C17H25N3/c1-6-17(2,20(4)5)16(18-3)15-9-7-8-13-12-19-11-10-14(13)15/h7-12,16,18H,6H2,1-5H3. The highest BCUT2D eigenvalue weighted by Crippen LogP contribution is 2.35. The zero-order valence-electron chi connectivity index (χ0n) is 13.1. The molecule has 108 valence electrons. The van der Waals surface area contributed by atoms with Crippen LogP contribution >= 0.6 is 0 Å². The average molecular weight is 271 g/mol. The summed E-state index contributed by atoms with van der Waals surface area (Å²) < 4.78 is 0. The van der Waals surface area contributed by atoms with Gasteiger partial charge in [-0.3, -0.25) is 4.98 Å². The second-order valence-corrected chi connectivity index (χ2v) is 5.77. The van der Waals surface area contributed by atoms with Crippen LogP contribution < -0.4 is 5.32 Å². The van der Waals surface area contributed by atoms with Crippen LogP contribution in [0.25, 0.3) is 10.8 Å². The van der Waals surface area contributed by atoms with E-state index < -0.39 is 0 Å². The fourth-order valence-electron chi connectivity index (χ4n) is 2.98. The normalized spacial score (nSPS) is 16.3. The van der Waals surface area contributed by atoms with Crippen LogP contribution in [0.3, 0.4) is 0 Å². The summed E-state index contributed by atoms with van der Waals surface area (Å²) in [6.45, 7) is 4.56. The van der Waals surface area contributed by atoms with Crippen molar-refractivity contribution in [3.8, 4) is 0 Å². The van der Waals surface area contributed by atoms with Crippen molar-refractivity contribution < 1.29 is 0 Å². The highest BCUT2D eigenvalue weighted by atomic mass is 15.2. The smallest absolute Gasteiger partial charge is 0.0507 e. The first-order valence-electron chi connectivity index (χ1n) is 7.22. The van der Waals surface area contributed by atoms with E-state index in [1.807, 2.05) is 19.4 Å². The number of aromatic nitrogens is 1. The Bertz CT molecular complexity index is 574. The summed E-state index contributed by atoms with van der Waals surface area (Å²) in [5.41, 5.74) is 1.40. The van der Waals surface area contributed by atoms with Crippen LogP contribution in [0, 0.1) is 0 Å². The molecule has 0 radical (unpaired) electrons. The molecule has 3 nitrogen and oxygen atoms in total. The van der Waals surface area contributed by atoms with E-state index in [0.29, 0.717) is 0 Å². The van der Waals surface area contributed by atoms with Crippen molar-refractivity contribution in [3.63, 3.8) is 0 Å². The average Bonchev–Trinajstić information content (AvgIpc) is 2.47. The van der Waals surface area contributed by atoms with Gasteiger partial charge in [0.15, 0.2) is 0 Å². The molecule has 1 N–H and O–H groups in total. The molecule has 0 aliphatic heterocycles. The molecule has 1 aromatic carbocycles. The van der Waals surface area contributed by atoms with Gasteiger partial charge >= 0.3 is 0 Å². The molecule has 0 aliphatic carbocycles. The molecule has 1 aromatic heterocycles. The van der Waals surface area contributed by atoms with Gasteiger partial charge in [0.2, 0.25) is 0 Å². The van der Waals surface area contributed by atoms with Crippen LogP contribution in [0.5, 0.6) is 0 Å². The summed E-state index contributed by atoms with van der Waals surface area (Å²) in [5, 5.41) is 6.00. The lowest BCUT2D eigenvalue weighted by Crippen LogP contribution is -2.50. The topological polar surface area (TPSA) is 28.2 Å². The SMILES string of the molecule is CCC(C)(C(NC)c1cccc2cnccc12)N(C)C. The first-order valence-corrected chi connectivity index (χ1v) is 7.22. The van der Waals surface area contributed by atoms with E-state index in [-0.39, 0.29) is 11.6 Å². The van der Waals surface area contributed by atoms with E-state index in [1.165, 1.54) is 16.3 Å². The van der Waals surface area contributed by atoms with Gasteiger partial charge in [0.1, 0.15) is 0 Å². The number of fused-ring (bicyclic) bond motifs is 1. The Morgan fingerprint density at radius 1 is 1.30 bits per heavy atom. The minimum Gasteiger partial charge on any atom is -0.311 e. The number of nitrogens with zero attached hydrogens (tertiary/aromatic N) is 2. The van der Waals surface area contributed by atoms with E-state index in [2.05, 4.69) is 67.4 Å². The van der Waals surface area contributed by atoms with Crippen molar-refractivity contribution in [1.29, 1.82) is 0 Å². The lowest BCUT2D eigenvalue weighted by Gasteiger charge is -2.43. The third kappa shape index (κ3) is 2.43.